The smallest absolute Gasteiger partial charge is 0.251 e. The van der Waals surface area contributed by atoms with E-state index in [4.69, 9.17) is 4.42 Å². The summed E-state index contributed by atoms with van der Waals surface area (Å²) in [6, 6.07) is 7.01. The fourth-order valence-electron chi connectivity index (χ4n) is 3.34. The van der Waals surface area contributed by atoms with E-state index in [1.54, 1.807) is 12.5 Å². The molecule has 0 radical (unpaired) electrons. The monoisotopic (exact) mass is 256 g/mol. The van der Waals surface area contributed by atoms with Crippen molar-refractivity contribution in [3.63, 3.8) is 0 Å². The summed E-state index contributed by atoms with van der Waals surface area (Å²) in [5, 5.41) is 8.68. The maximum absolute atomic E-state index is 12.3. The molecule has 3 atom stereocenters. The number of nitrogens with one attached hydrogen (secondary N) is 2. The standard InChI is InChI=1S/C15H16N2O2/c18-15(17-14-6-12-3-4-13(14)16-12)9-1-2-10-7-19-8-11(10)5-9/h1-2,5,7-8,12-14,16H,3-4,6H2,(H,17,18)/t12-,13+,14-/m1/s1. The third-order valence-electron chi connectivity index (χ3n) is 4.36. The zero-order valence-electron chi connectivity index (χ0n) is 10.6. The van der Waals surface area contributed by atoms with Gasteiger partial charge in [-0.25, -0.2) is 0 Å². The highest BCUT2D eigenvalue weighted by molar-refractivity contribution is 5.98. The van der Waals surface area contributed by atoms with E-state index in [0.29, 0.717) is 17.6 Å². The molecule has 3 heterocycles. The van der Waals surface area contributed by atoms with Gasteiger partial charge in [0.1, 0.15) is 0 Å². The van der Waals surface area contributed by atoms with E-state index in [2.05, 4.69) is 10.6 Å². The molecule has 0 saturated carbocycles. The molecule has 2 saturated heterocycles. The molecule has 2 aromatic rings. The number of furan rings is 1. The molecule has 1 amide bonds. The molecule has 2 bridgehead atoms. The van der Waals surface area contributed by atoms with Crippen molar-refractivity contribution in [3.05, 3.63) is 36.3 Å². The van der Waals surface area contributed by atoms with Crippen molar-refractivity contribution in [1.29, 1.82) is 0 Å². The summed E-state index contributed by atoms with van der Waals surface area (Å²) >= 11 is 0. The lowest BCUT2D eigenvalue weighted by Crippen LogP contribution is -2.42. The van der Waals surface area contributed by atoms with Crippen LogP contribution < -0.4 is 10.6 Å². The normalized spacial score (nSPS) is 28.9. The first-order valence-corrected chi connectivity index (χ1v) is 6.82. The van der Waals surface area contributed by atoms with Crippen LogP contribution in [0.5, 0.6) is 0 Å². The highest BCUT2D eigenvalue weighted by atomic mass is 16.3. The Morgan fingerprint density at radius 1 is 1.26 bits per heavy atom. The van der Waals surface area contributed by atoms with E-state index in [1.807, 2.05) is 18.2 Å². The zero-order valence-corrected chi connectivity index (χ0v) is 10.6. The van der Waals surface area contributed by atoms with Crippen LogP contribution in [0.3, 0.4) is 0 Å². The Morgan fingerprint density at radius 3 is 2.95 bits per heavy atom. The van der Waals surface area contributed by atoms with Crippen LogP contribution >= 0.6 is 0 Å². The average molecular weight is 256 g/mol. The summed E-state index contributed by atoms with van der Waals surface area (Å²) in [5.74, 6) is 0.0162. The van der Waals surface area contributed by atoms with Gasteiger partial charge in [0.25, 0.3) is 5.91 Å². The van der Waals surface area contributed by atoms with E-state index in [9.17, 15) is 4.79 Å². The number of hydrogen-bond donors (Lipinski definition) is 2. The lowest BCUT2D eigenvalue weighted by molar-refractivity contribution is 0.0931. The van der Waals surface area contributed by atoms with Crippen LogP contribution in [0, 0.1) is 0 Å². The second-order valence-corrected chi connectivity index (χ2v) is 5.58. The minimum Gasteiger partial charge on any atom is -0.471 e. The highest BCUT2D eigenvalue weighted by Gasteiger charge is 2.39. The van der Waals surface area contributed by atoms with E-state index < -0.39 is 0 Å². The van der Waals surface area contributed by atoms with Gasteiger partial charge < -0.3 is 15.1 Å². The molecule has 0 aliphatic carbocycles. The third kappa shape index (κ3) is 1.83. The average Bonchev–Trinajstić information content (AvgIpc) is 3.13. The van der Waals surface area contributed by atoms with Gasteiger partial charge in [-0.1, -0.05) is 6.07 Å². The summed E-state index contributed by atoms with van der Waals surface area (Å²) in [6.07, 6.45) is 6.85. The molecule has 2 fully saturated rings. The number of benzene rings is 1. The van der Waals surface area contributed by atoms with Crippen molar-refractivity contribution < 1.29 is 9.21 Å². The van der Waals surface area contributed by atoms with Crippen LogP contribution in [0.1, 0.15) is 29.6 Å². The molecule has 4 heteroatoms. The molecule has 98 valence electrons. The Bertz CT molecular complexity index is 634. The van der Waals surface area contributed by atoms with Gasteiger partial charge in [0.15, 0.2) is 0 Å². The largest absolute Gasteiger partial charge is 0.471 e. The second kappa shape index (κ2) is 4.10. The molecule has 4 nitrogen and oxygen atoms in total. The molecule has 0 unspecified atom stereocenters. The third-order valence-corrected chi connectivity index (χ3v) is 4.36. The molecule has 4 rings (SSSR count). The number of rotatable bonds is 2. The van der Waals surface area contributed by atoms with Crippen LogP contribution in [0.25, 0.3) is 10.8 Å². The molecule has 1 aromatic heterocycles. The van der Waals surface area contributed by atoms with Gasteiger partial charge in [0, 0.05) is 34.5 Å². The van der Waals surface area contributed by atoms with E-state index in [1.165, 1.54) is 12.8 Å². The predicted molar refractivity (Wildman–Crippen MR) is 72.0 cm³/mol. The van der Waals surface area contributed by atoms with Gasteiger partial charge in [-0.15, -0.1) is 0 Å². The van der Waals surface area contributed by atoms with Crippen molar-refractivity contribution in [2.45, 2.75) is 37.4 Å². The number of carbonyl (C=O) groups is 1. The Hall–Kier alpha value is -1.81. The molecule has 0 spiro atoms. The minimum atomic E-state index is 0.0162. The molecule has 1 aromatic carbocycles. The Morgan fingerprint density at radius 2 is 2.16 bits per heavy atom. The van der Waals surface area contributed by atoms with E-state index in [-0.39, 0.29) is 11.9 Å². The maximum Gasteiger partial charge on any atom is 0.251 e. The molecular formula is C15H16N2O2. The highest BCUT2D eigenvalue weighted by Crippen LogP contribution is 2.28. The van der Waals surface area contributed by atoms with Crippen LogP contribution in [0.2, 0.25) is 0 Å². The van der Waals surface area contributed by atoms with Gasteiger partial charge in [-0.2, -0.15) is 0 Å². The maximum atomic E-state index is 12.3. The van der Waals surface area contributed by atoms with Crippen molar-refractivity contribution in [1.82, 2.24) is 10.6 Å². The Kier molecular flexibility index (Phi) is 2.38. The molecule has 2 N–H and O–H groups in total. The van der Waals surface area contributed by atoms with Crippen molar-refractivity contribution in [2.75, 3.05) is 0 Å². The van der Waals surface area contributed by atoms with E-state index >= 15 is 0 Å². The van der Waals surface area contributed by atoms with Gasteiger partial charge >= 0.3 is 0 Å². The molecule has 19 heavy (non-hydrogen) atoms. The first kappa shape index (κ1) is 11.1. The van der Waals surface area contributed by atoms with Gasteiger partial charge in [-0.05, 0) is 31.4 Å². The van der Waals surface area contributed by atoms with Crippen LogP contribution in [-0.2, 0) is 0 Å². The van der Waals surface area contributed by atoms with Crippen molar-refractivity contribution >= 4 is 16.7 Å². The van der Waals surface area contributed by atoms with Crippen LogP contribution in [-0.4, -0.2) is 24.0 Å². The van der Waals surface area contributed by atoms with Gasteiger partial charge in [-0.3, -0.25) is 4.79 Å². The molecule has 2 aliphatic heterocycles. The molecule has 2 aliphatic rings. The number of carbonyl (C=O) groups excluding carboxylic acids is 1. The zero-order chi connectivity index (χ0) is 12.8. The number of fused-ring (bicyclic) bond motifs is 3. The Balaban J connectivity index is 1.53. The topological polar surface area (TPSA) is 54.3 Å². The quantitative estimate of drug-likeness (QED) is 0.864. The van der Waals surface area contributed by atoms with Gasteiger partial charge in [0.2, 0.25) is 0 Å². The lowest BCUT2D eigenvalue weighted by atomic mass is 9.95. The number of hydrogen-bond acceptors (Lipinski definition) is 3. The first-order valence-electron chi connectivity index (χ1n) is 6.82. The Labute approximate surface area is 111 Å². The van der Waals surface area contributed by atoms with Gasteiger partial charge in [0.05, 0.1) is 12.5 Å². The number of amides is 1. The summed E-state index contributed by atoms with van der Waals surface area (Å²) in [5.41, 5.74) is 0.705. The summed E-state index contributed by atoms with van der Waals surface area (Å²) in [6.45, 7) is 0. The van der Waals surface area contributed by atoms with Crippen LogP contribution in [0.4, 0.5) is 0 Å². The predicted octanol–water partition coefficient (Wildman–Crippen LogP) is 2.06. The molecular weight excluding hydrogens is 240 g/mol. The van der Waals surface area contributed by atoms with Crippen molar-refractivity contribution in [2.24, 2.45) is 0 Å². The summed E-state index contributed by atoms with van der Waals surface area (Å²) in [7, 11) is 0. The minimum absolute atomic E-state index is 0.0162. The summed E-state index contributed by atoms with van der Waals surface area (Å²) in [4.78, 5) is 12.3. The fourth-order valence-corrected chi connectivity index (χ4v) is 3.34. The van der Waals surface area contributed by atoms with Crippen molar-refractivity contribution in [3.8, 4) is 0 Å². The van der Waals surface area contributed by atoms with E-state index in [0.717, 1.165) is 17.2 Å². The lowest BCUT2D eigenvalue weighted by Gasteiger charge is -2.21. The second-order valence-electron chi connectivity index (χ2n) is 5.58. The SMILES string of the molecule is O=C(N[C@@H]1C[C@H]2CC[C@@H]1N2)c1ccc2cocc2c1. The summed E-state index contributed by atoms with van der Waals surface area (Å²) < 4.78 is 5.13. The fraction of sp³-hybridized carbons (Fsp3) is 0.400. The van der Waals surface area contributed by atoms with Crippen LogP contribution in [0.15, 0.2) is 35.1 Å². The first-order chi connectivity index (χ1) is 9.29.